The quantitative estimate of drug-likeness (QED) is 0.620. The Kier molecular flexibility index (Phi) is 5.02. The fourth-order valence-corrected chi connectivity index (χ4v) is 1.14. The number of hydrogen-bond acceptors (Lipinski definition) is 3. The summed E-state index contributed by atoms with van der Waals surface area (Å²) in [6, 6.07) is 7.58. The van der Waals surface area contributed by atoms with Crippen molar-refractivity contribution in [2.24, 2.45) is 0 Å². The van der Waals surface area contributed by atoms with Crippen LogP contribution in [0.3, 0.4) is 0 Å². The fraction of sp³-hybridized carbons (Fsp3) is 0.154. The second-order valence-electron chi connectivity index (χ2n) is 3.11. The van der Waals surface area contributed by atoms with Crippen molar-refractivity contribution in [3.63, 3.8) is 0 Å². The van der Waals surface area contributed by atoms with Crippen molar-refractivity contribution >= 4 is 18.1 Å². The van der Waals surface area contributed by atoms with Gasteiger partial charge in [0.25, 0.3) is 0 Å². The summed E-state index contributed by atoms with van der Waals surface area (Å²) in [5.74, 6) is -0.371. The molecule has 0 unspecified atom stereocenters. The summed E-state index contributed by atoms with van der Waals surface area (Å²) in [6.45, 7) is 0.0317. The van der Waals surface area contributed by atoms with E-state index in [1.807, 2.05) is 30.3 Å². The Hall–Kier alpha value is -1.87. The molecule has 3 nitrogen and oxygen atoms in total. The fourth-order valence-electron chi connectivity index (χ4n) is 1.14. The molecule has 1 aromatic carbocycles. The van der Waals surface area contributed by atoms with Crippen LogP contribution >= 0.6 is 0 Å². The van der Waals surface area contributed by atoms with Gasteiger partial charge in [-0.2, -0.15) is 0 Å². The predicted molar refractivity (Wildman–Crippen MR) is 63.6 cm³/mol. The van der Waals surface area contributed by atoms with E-state index in [1.54, 1.807) is 12.2 Å². The molecule has 0 atom stereocenters. The van der Waals surface area contributed by atoms with Crippen LogP contribution in [-0.2, 0) is 9.53 Å². The zero-order valence-electron chi connectivity index (χ0n) is 9.09. The van der Waals surface area contributed by atoms with E-state index in [4.69, 9.17) is 5.11 Å². The highest BCUT2D eigenvalue weighted by Crippen LogP contribution is 2.07. The van der Waals surface area contributed by atoms with E-state index in [0.717, 1.165) is 11.1 Å². The highest BCUT2D eigenvalue weighted by Gasteiger charge is 1.92. The van der Waals surface area contributed by atoms with E-state index in [0.29, 0.717) is 0 Å². The summed E-state index contributed by atoms with van der Waals surface area (Å²) in [5, 5.41) is 8.61. The van der Waals surface area contributed by atoms with E-state index in [-0.39, 0.29) is 12.6 Å². The van der Waals surface area contributed by atoms with Crippen molar-refractivity contribution in [3.05, 3.63) is 47.5 Å². The molecule has 0 saturated carbocycles. The van der Waals surface area contributed by atoms with Gasteiger partial charge in [-0.3, -0.25) is 0 Å². The highest BCUT2D eigenvalue weighted by molar-refractivity contribution is 5.86. The van der Waals surface area contributed by atoms with Crippen molar-refractivity contribution in [1.29, 1.82) is 0 Å². The van der Waals surface area contributed by atoms with E-state index >= 15 is 0 Å². The van der Waals surface area contributed by atoms with Gasteiger partial charge in [0.15, 0.2) is 0 Å². The average molecular weight is 218 g/mol. The molecular formula is C13H14O3. The van der Waals surface area contributed by atoms with Gasteiger partial charge in [-0.1, -0.05) is 36.4 Å². The first-order valence-electron chi connectivity index (χ1n) is 4.90. The van der Waals surface area contributed by atoms with Crippen molar-refractivity contribution in [3.8, 4) is 0 Å². The minimum atomic E-state index is -0.371. The lowest BCUT2D eigenvalue weighted by Crippen LogP contribution is -1.93. The van der Waals surface area contributed by atoms with Crippen LogP contribution in [0.1, 0.15) is 11.1 Å². The molecular weight excluding hydrogens is 204 g/mol. The second-order valence-corrected chi connectivity index (χ2v) is 3.11. The van der Waals surface area contributed by atoms with E-state index in [1.165, 1.54) is 13.2 Å². The van der Waals surface area contributed by atoms with Crippen LogP contribution in [0.5, 0.6) is 0 Å². The van der Waals surface area contributed by atoms with Crippen LogP contribution in [0.2, 0.25) is 0 Å². The van der Waals surface area contributed by atoms with Crippen LogP contribution in [-0.4, -0.2) is 24.8 Å². The Bertz CT molecular complexity index is 388. The van der Waals surface area contributed by atoms with Gasteiger partial charge in [0.2, 0.25) is 0 Å². The molecule has 0 aliphatic rings. The Morgan fingerprint density at radius 1 is 1.25 bits per heavy atom. The third kappa shape index (κ3) is 4.11. The Morgan fingerprint density at radius 3 is 2.31 bits per heavy atom. The Morgan fingerprint density at radius 2 is 1.81 bits per heavy atom. The zero-order chi connectivity index (χ0) is 11.8. The van der Waals surface area contributed by atoms with Gasteiger partial charge < -0.3 is 9.84 Å². The first kappa shape index (κ1) is 12.2. The van der Waals surface area contributed by atoms with E-state index in [9.17, 15) is 4.79 Å². The second kappa shape index (κ2) is 6.58. The topological polar surface area (TPSA) is 46.5 Å². The van der Waals surface area contributed by atoms with Gasteiger partial charge in [-0.15, -0.1) is 0 Å². The lowest BCUT2D eigenvalue weighted by molar-refractivity contribution is -0.134. The van der Waals surface area contributed by atoms with Gasteiger partial charge in [0.1, 0.15) is 0 Å². The van der Waals surface area contributed by atoms with Gasteiger partial charge in [0, 0.05) is 6.08 Å². The lowest BCUT2D eigenvalue weighted by Gasteiger charge is -1.95. The van der Waals surface area contributed by atoms with Crippen LogP contribution < -0.4 is 0 Å². The molecule has 1 aromatic rings. The molecule has 0 aromatic heterocycles. The number of aliphatic hydroxyl groups excluding tert-OH is 1. The third-order valence-corrected chi connectivity index (χ3v) is 1.97. The predicted octanol–water partition coefficient (Wildman–Crippen LogP) is 1.88. The van der Waals surface area contributed by atoms with Gasteiger partial charge >= 0.3 is 5.97 Å². The summed E-state index contributed by atoms with van der Waals surface area (Å²) >= 11 is 0. The Balaban J connectivity index is 2.68. The summed E-state index contributed by atoms with van der Waals surface area (Å²) < 4.78 is 4.48. The normalized spacial score (nSPS) is 11.1. The molecule has 1 N–H and O–H groups in total. The largest absolute Gasteiger partial charge is 0.466 e. The molecule has 0 bridgehead atoms. The number of benzene rings is 1. The first-order valence-corrected chi connectivity index (χ1v) is 4.90. The molecule has 0 saturated heterocycles. The highest BCUT2D eigenvalue weighted by atomic mass is 16.5. The standard InChI is InChI=1S/C13H14O3/c1-16-13(15)9-8-12-6-4-11(5-7-12)3-2-10-14/h2-9,14H,10H2,1H3/b3-2?,9-8+. The number of rotatable bonds is 4. The van der Waals surface area contributed by atoms with Crippen molar-refractivity contribution in [2.45, 2.75) is 0 Å². The number of aliphatic hydroxyl groups is 1. The third-order valence-electron chi connectivity index (χ3n) is 1.97. The SMILES string of the molecule is COC(=O)/C=C/c1ccc(C=CCO)cc1. The summed E-state index contributed by atoms with van der Waals surface area (Å²) in [4.78, 5) is 10.8. The van der Waals surface area contributed by atoms with E-state index < -0.39 is 0 Å². The monoisotopic (exact) mass is 218 g/mol. The van der Waals surface area contributed by atoms with Crippen molar-refractivity contribution in [1.82, 2.24) is 0 Å². The van der Waals surface area contributed by atoms with Gasteiger partial charge in [0.05, 0.1) is 13.7 Å². The number of carbonyl (C=O) groups is 1. The molecule has 0 spiro atoms. The Labute approximate surface area is 94.7 Å². The van der Waals surface area contributed by atoms with Crippen LogP contribution in [0, 0.1) is 0 Å². The van der Waals surface area contributed by atoms with Crippen LogP contribution in [0.4, 0.5) is 0 Å². The van der Waals surface area contributed by atoms with E-state index in [2.05, 4.69) is 4.74 Å². The van der Waals surface area contributed by atoms with Gasteiger partial charge in [-0.05, 0) is 17.2 Å². The maximum Gasteiger partial charge on any atom is 0.330 e. The van der Waals surface area contributed by atoms with Crippen molar-refractivity contribution < 1.29 is 14.6 Å². The summed E-state index contributed by atoms with van der Waals surface area (Å²) in [7, 11) is 1.34. The van der Waals surface area contributed by atoms with Crippen LogP contribution in [0.25, 0.3) is 12.2 Å². The molecule has 0 aliphatic heterocycles. The average Bonchev–Trinajstić information content (AvgIpc) is 2.34. The molecule has 16 heavy (non-hydrogen) atoms. The number of esters is 1. The molecule has 84 valence electrons. The number of carbonyl (C=O) groups excluding carboxylic acids is 1. The van der Waals surface area contributed by atoms with Crippen molar-refractivity contribution in [2.75, 3.05) is 13.7 Å². The molecule has 0 heterocycles. The molecule has 0 radical (unpaired) electrons. The summed E-state index contributed by atoms with van der Waals surface area (Å²) in [6.07, 6.45) is 6.55. The molecule has 3 heteroatoms. The van der Waals surface area contributed by atoms with Crippen LogP contribution in [0.15, 0.2) is 36.4 Å². The summed E-state index contributed by atoms with van der Waals surface area (Å²) in [5.41, 5.74) is 1.93. The molecule has 0 fully saturated rings. The number of methoxy groups -OCH3 is 1. The number of hydrogen-bond donors (Lipinski definition) is 1. The lowest BCUT2D eigenvalue weighted by atomic mass is 10.1. The molecule has 0 aliphatic carbocycles. The minimum absolute atomic E-state index is 0.0317. The molecule has 0 amide bonds. The first-order chi connectivity index (χ1) is 7.76. The maximum atomic E-state index is 10.8. The smallest absolute Gasteiger partial charge is 0.330 e. The zero-order valence-corrected chi connectivity index (χ0v) is 9.09. The maximum absolute atomic E-state index is 10.8. The minimum Gasteiger partial charge on any atom is -0.466 e. The molecule has 1 rings (SSSR count). The van der Waals surface area contributed by atoms with Gasteiger partial charge in [-0.25, -0.2) is 4.79 Å². The number of ether oxygens (including phenoxy) is 1.